The topological polar surface area (TPSA) is 46.2 Å². The minimum absolute atomic E-state index is 0.0557. The quantitative estimate of drug-likeness (QED) is 0.822. The van der Waals surface area contributed by atoms with Gasteiger partial charge in [0.05, 0.1) is 10.0 Å². The van der Waals surface area contributed by atoms with Gasteiger partial charge in [0, 0.05) is 0 Å². The van der Waals surface area contributed by atoms with E-state index in [2.05, 4.69) is 0 Å². The van der Waals surface area contributed by atoms with Crippen LogP contribution in [-0.4, -0.2) is 11.7 Å². The van der Waals surface area contributed by atoms with Crippen molar-refractivity contribution in [2.45, 2.75) is 12.8 Å². The summed E-state index contributed by atoms with van der Waals surface area (Å²) in [7, 11) is 0. The second kappa shape index (κ2) is 4.70. The standard InChI is InChI=1S/C9H11Cl2NO/c10-7-4-6(2-1-3-12)5-8(11)9(7)13/h4-5,13H,1-3,12H2. The Morgan fingerprint density at radius 2 is 1.77 bits per heavy atom. The van der Waals surface area contributed by atoms with Gasteiger partial charge in [0.1, 0.15) is 0 Å². The minimum Gasteiger partial charge on any atom is -0.505 e. The van der Waals surface area contributed by atoms with Crippen LogP contribution in [0.4, 0.5) is 0 Å². The third-order valence-corrected chi connectivity index (χ3v) is 2.32. The van der Waals surface area contributed by atoms with Gasteiger partial charge in [0.15, 0.2) is 5.75 Å². The van der Waals surface area contributed by atoms with Crippen molar-refractivity contribution in [1.29, 1.82) is 0 Å². The van der Waals surface area contributed by atoms with Gasteiger partial charge >= 0.3 is 0 Å². The fraction of sp³-hybridized carbons (Fsp3) is 0.333. The SMILES string of the molecule is NCCCc1cc(Cl)c(O)c(Cl)c1. The van der Waals surface area contributed by atoms with E-state index >= 15 is 0 Å². The van der Waals surface area contributed by atoms with Gasteiger partial charge in [0.2, 0.25) is 0 Å². The Balaban J connectivity index is 2.86. The molecule has 3 N–H and O–H groups in total. The molecule has 0 heterocycles. The van der Waals surface area contributed by atoms with Gasteiger partial charge < -0.3 is 10.8 Å². The van der Waals surface area contributed by atoms with Crippen molar-refractivity contribution in [3.05, 3.63) is 27.7 Å². The van der Waals surface area contributed by atoms with Crippen molar-refractivity contribution < 1.29 is 5.11 Å². The van der Waals surface area contributed by atoms with Gasteiger partial charge in [-0.15, -0.1) is 0 Å². The molecule has 0 bridgehead atoms. The van der Waals surface area contributed by atoms with E-state index in [0.29, 0.717) is 16.6 Å². The van der Waals surface area contributed by atoms with E-state index in [4.69, 9.17) is 28.9 Å². The highest BCUT2D eigenvalue weighted by Crippen LogP contribution is 2.32. The van der Waals surface area contributed by atoms with Gasteiger partial charge in [-0.05, 0) is 37.1 Å². The molecular weight excluding hydrogens is 209 g/mol. The first-order valence-electron chi connectivity index (χ1n) is 4.02. The zero-order valence-electron chi connectivity index (χ0n) is 7.06. The van der Waals surface area contributed by atoms with Crippen LogP contribution in [-0.2, 0) is 6.42 Å². The van der Waals surface area contributed by atoms with Crippen molar-refractivity contribution in [3.63, 3.8) is 0 Å². The van der Waals surface area contributed by atoms with Crippen LogP contribution in [0.5, 0.6) is 5.75 Å². The van der Waals surface area contributed by atoms with Crippen LogP contribution in [0.25, 0.3) is 0 Å². The molecule has 1 aromatic rings. The van der Waals surface area contributed by atoms with E-state index in [1.54, 1.807) is 12.1 Å². The summed E-state index contributed by atoms with van der Waals surface area (Å²) >= 11 is 11.5. The number of aryl methyl sites for hydroxylation is 1. The average molecular weight is 220 g/mol. The second-order valence-corrected chi connectivity index (χ2v) is 3.61. The summed E-state index contributed by atoms with van der Waals surface area (Å²) in [6.07, 6.45) is 1.72. The maximum atomic E-state index is 9.27. The van der Waals surface area contributed by atoms with Crippen LogP contribution in [0.15, 0.2) is 12.1 Å². The maximum Gasteiger partial charge on any atom is 0.152 e. The molecule has 0 aliphatic carbocycles. The van der Waals surface area contributed by atoms with Crippen molar-refractivity contribution in [3.8, 4) is 5.75 Å². The number of rotatable bonds is 3. The first kappa shape index (κ1) is 10.6. The zero-order chi connectivity index (χ0) is 9.84. The largest absolute Gasteiger partial charge is 0.505 e. The lowest BCUT2D eigenvalue weighted by atomic mass is 10.1. The average Bonchev–Trinajstić information content (AvgIpc) is 2.10. The van der Waals surface area contributed by atoms with Crippen LogP contribution in [0.3, 0.4) is 0 Å². The Kier molecular flexibility index (Phi) is 3.85. The summed E-state index contributed by atoms with van der Waals surface area (Å²) < 4.78 is 0. The summed E-state index contributed by atoms with van der Waals surface area (Å²) in [5.74, 6) is -0.0557. The highest BCUT2D eigenvalue weighted by Gasteiger charge is 2.05. The molecule has 13 heavy (non-hydrogen) atoms. The van der Waals surface area contributed by atoms with Crippen molar-refractivity contribution in [2.24, 2.45) is 5.73 Å². The lowest BCUT2D eigenvalue weighted by Gasteiger charge is -2.04. The Morgan fingerprint density at radius 3 is 2.23 bits per heavy atom. The van der Waals surface area contributed by atoms with E-state index in [1.165, 1.54) is 0 Å². The molecule has 1 aromatic carbocycles. The molecule has 0 saturated heterocycles. The Labute approximate surface area is 87.3 Å². The highest BCUT2D eigenvalue weighted by atomic mass is 35.5. The molecule has 0 aliphatic rings. The normalized spacial score (nSPS) is 10.4. The van der Waals surface area contributed by atoms with Crippen LogP contribution in [0.2, 0.25) is 10.0 Å². The van der Waals surface area contributed by atoms with Gasteiger partial charge in [-0.25, -0.2) is 0 Å². The Bertz CT molecular complexity index is 279. The number of benzene rings is 1. The third kappa shape index (κ3) is 2.76. The summed E-state index contributed by atoms with van der Waals surface area (Å²) in [4.78, 5) is 0. The minimum atomic E-state index is -0.0557. The molecular formula is C9H11Cl2NO. The molecule has 0 amide bonds. The monoisotopic (exact) mass is 219 g/mol. The maximum absolute atomic E-state index is 9.27. The van der Waals surface area contributed by atoms with Gasteiger partial charge in [-0.3, -0.25) is 0 Å². The van der Waals surface area contributed by atoms with Crippen LogP contribution in [0, 0.1) is 0 Å². The molecule has 0 saturated carbocycles. The molecule has 0 aromatic heterocycles. The highest BCUT2D eigenvalue weighted by molar-refractivity contribution is 6.37. The summed E-state index contributed by atoms with van der Waals surface area (Å²) in [5.41, 5.74) is 6.37. The molecule has 0 unspecified atom stereocenters. The van der Waals surface area contributed by atoms with E-state index in [0.717, 1.165) is 18.4 Å². The number of hydrogen-bond acceptors (Lipinski definition) is 2. The number of halogens is 2. The third-order valence-electron chi connectivity index (χ3n) is 1.75. The number of phenols is 1. The predicted molar refractivity (Wildman–Crippen MR) is 55.5 cm³/mol. The van der Waals surface area contributed by atoms with E-state index in [1.807, 2.05) is 0 Å². The number of phenolic OH excluding ortho intramolecular Hbond substituents is 1. The van der Waals surface area contributed by atoms with Crippen molar-refractivity contribution in [2.75, 3.05) is 6.54 Å². The fourth-order valence-electron chi connectivity index (χ4n) is 1.07. The number of aromatic hydroxyl groups is 1. The zero-order valence-corrected chi connectivity index (χ0v) is 8.57. The van der Waals surface area contributed by atoms with Crippen LogP contribution >= 0.6 is 23.2 Å². The molecule has 0 fully saturated rings. The van der Waals surface area contributed by atoms with E-state index < -0.39 is 0 Å². The molecule has 0 atom stereocenters. The lowest BCUT2D eigenvalue weighted by molar-refractivity contribution is 0.475. The van der Waals surface area contributed by atoms with E-state index in [-0.39, 0.29) is 5.75 Å². The Hall–Kier alpha value is -0.440. The molecule has 0 radical (unpaired) electrons. The van der Waals surface area contributed by atoms with Crippen molar-refractivity contribution >= 4 is 23.2 Å². The first-order valence-corrected chi connectivity index (χ1v) is 4.77. The van der Waals surface area contributed by atoms with Gasteiger partial charge in [-0.2, -0.15) is 0 Å². The summed E-state index contributed by atoms with van der Waals surface area (Å²) in [6.45, 7) is 0.635. The molecule has 0 spiro atoms. The summed E-state index contributed by atoms with van der Waals surface area (Å²) in [6, 6.07) is 3.41. The molecule has 4 heteroatoms. The smallest absolute Gasteiger partial charge is 0.152 e. The lowest BCUT2D eigenvalue weighted by Crippen LogP contribution is -2.00. The van der Waals surface area contributed by atoms with Crippen LogP contribution < -0.4 is 5.73 Å². The summed E-state index contributed by atoms with van der Waals surface area (Å²) in [5, 5.41) is 9.85. The van der Waals surface area contributed by atoms with Crippen molar-refractivity contribution in [1.82, 2.24) is 0 Å². The molecule has 0 aliphatic heterocycles. The van der Waals surface area contributed by atoms with E-state index in [9.17, 15) is 5.11 Å². The number of hydrogen-bond donors (Lipinski definition) is 2. The number of nitrogens with two attached hydrogens (primary N) is 1. The van der Waals surface area contributed by atoms with Crippen LogP contribution in [0.1, 0.15) is 12.0 Å². The van der Waals surface area contributed by atoms with Gasteiger partial charge in [0.25, 0.3) is 0 Å². The predicted octanol–water partition coefficient (Wildman–Crippen LogP) is 2.59. The van der Waals surface area contributed by atoms with Gasteiger partial charge in [-0.1, -0.05) is 23.2 Å². The second-order valence-electron chi connectivity index (χ2n) is 2.80. The molecule has 1 rings (SSSR count). The Morgan fingerprint density at radius 1 is 1.23 bits per heavy atom. The molecule has 2 nitrogen and oxygen atoms in total. The first-order chi connectivity index (χ1) is 6.15. The molecule has 72 valence electrons. The fourth-order valence-corrected chi connectivity index (χ4v) is 1.60.